The van der Waals surface area contributed by atoms with Crippen LogP contribution in [0.2, 0.25) is 0 Å². The fourth-order valence-electron chi connectivity index (χ4n) is 4.03. The third-order valence-corrected chi connectivity index (χ3v) is 5.29. The average molecular weight is 273 g/mol. The van der Waals surface area contributed by atoms with Gasteiger partial charge in [0.1, 0.15) is 0 Å². The third-order valence-electron chi connectivity index (χ3n) is 5.29. The summed E-state index contributed by atoms with van der Waals surface area (Å²) in [4.78, 5) is 0. The Balaban J connectivity index is 2.06. The molecule has 1 nitrogen and oxygen atoms in total. The Morgan fingerprint density at radius 3 is 2.40 bits per heavy atom. The first-order valence-electron chi connectivity index (χ1n) is 8.33. The van der Waals surface area contributed by atoms with Crippen LogP contribution in [0.5, 0.6) is 0 Å². The van der Waals surface area contributed by atoms with E-state index in [0.29, 0.717) is 6.04 Å². The van der Waals surface area contributed by atoms with Crippen LogP contribution >= 0.6 is 0 Å². The van der Waals surface area contributed by atoms with E-state index in [-0.39, 0.29) is 0 Å². The van der Waals surface area contributed by atoms with Gasteiger partial charge in [0.25, 0.3) is 0 Å². The number of nitrogens with two attached hydrogens (primary N) is 1. The summed E-state index contributed by atoms with van der Waals surface area (Å²) in [6.45, 7) is 8.97. The highest BCUT2D eigenvalue weighted by molar-refractivity contribution is 5.38. The fourth-order valence-corrected chi connectivity index (χ4v) is 4.03. The van der Waals surface area contributed by atoms with E-state index in [9.17, 15) is 0 Å². The van der Waals surface area contributed by atoms with Crippen molar-refractivity contribution in [2.24, 2.45) is 17.6 Å². The smallest absolute Gasteiger partial charge is 0.0108 e. The number of rotatable bonds is 4. The molecular formula is C19H31N. The molecule has 0 amide bonds. The van der Waals surface area contributed by atoms with Crippen LogP contribution in [0.15, 0.2) is 12.1 Å². The zero-order valence-electron chi connectivity index (χ0n) is 13.7. The maximum absolute atomic E-state index is 6.57. The highest BCUT2D eigenvalue weighted by atomic mass is 14.7. The highest BCUT2D eigenvalue weighted by Crippen LogP contribution is 2.33. The van der Waals surface area contributed by atoms with Crippen LogP contribution in [-0.2, 0) is 6.42 Å². The van der Waals surface area contributed by atoms with E-state index in [2.05, 4.69) is 39.8 Å². The molecule has 0 aromatic heterocycles. The van der Waals surface area contributed by atoms with Gasteiger partial charge in [-0.05, 0) is 68.6 Å². The summed E-state index contributed by atoms with van der Waals surface area (Å²) in [5.41, 5.74) is 12.3. The first-order chi connectivity index (χ1) is 9.51. The molecular weight excluding hydrogens is 242 g/mol. The molecule has 1 aliphatic rings. The van der Waals surface area contributed by atoms with Crippen molar-refractivity contribution in [2.75, 3.05) is 0 Å². The summed E-state index contributed by atoms with van der Waals surface area (Å²) < 4.78 is 0. The number of aryl methyl sites for hydroxylation is 3. The molecule has 1 aromatic rings. The Labute approximate surface area is 125 Å². The normalized spacial score (nSPS) is 24.6. The molecule has 1 saturated carbocycles. The molecule has 3 unspecified atom stereocenters. The molecule has 1 aromatic carbocycles. The SMILES string of the molecule is CCC1CCCC(C(N)Cc2c(C)cc(C)cc2C)C1. The van der Waals surface area contributed by atoms with Crippen molar-refractivity contribution in [3.05, 3.63) is 34.4 Å². The zero-order valence-corrected chi connectivity index (χ0v) is 13.7. The molecule has 20 heavy (non-hydrogen) atoms. The quantitative estimate of drug-likeness (QED) is 0.845. The van der Waals surface area contributed by atoms with Gasteiger partial charge in [0.05, 0.1) is 0 Å². The average Bonchev–Trinajstić information content (AvgIpc) is 2.42. The summed E-state index contributed by atoms with van der Waals surface area (Å²) in [6, 6.07) is 4.93. The van der Waals surface area contributed by atoms with Crippen molar-refractivity contribution >= 4 is 0 Å². The number of hydrogen-bond donors (Lipinski definition) is 1. The van der Waals surface area contributed by atoms with Crippen LogP contribution in [0.3, 0.4) is 0 Å². The first kappa shape index (κ1) is 15.6. The van der Waals surface area contributed by atoms with Gasteiger partial charge in [-0.3, -0.25) is 0 Å². The van der Waals surface area contributed by atoms with Gasteiger partial charge in [-0.15, -0.1) is 0 Å². The van der Waals surface area contributed by atoms with Gasteiger partial charge >= 0.3 is 0 Å². The molecule has 3 atom stereocenters. The molecule has 2 rings (SSSR count). The summed E-state index contributed by atoms with van der Waals surface area (Å²) in [7, 11) is 0. The largest absolute Gasteiger partial charge is 0.327 e. The molecule has 0 spiro atoms. The second-order valence-corrected chi connectivity index (χ2v) is 6.95. The molecule has 0 bridgehead atoms. The minimum atomic E-state index is 0.337. The maximum Gasteiger partial charge on any atom is 0.0108 e. The molecule has 2 N–H and O–H groups in total. The molecule has 1 aliphatic carbocycles. The van der Waals surface area contributed by atoms with E-state index in [4.69, 9.17) is 5.73 Å². The van der Waals surface area contributed by atoms with Gasteiger partial charge < -0.3 is 5.73 Å². The monoisotopic (exact) mass is 273 g/mol. The Hall–Kier alpha value is -0.820. The number of hydrogen-bond acceptors (Lipinski definition) is 1. The molecule has 0 aliphatic heterocycles. The Morgan fingerprint density at radius 2 is 1.80 bits per heavy atom. The lowest BCUT2D eigenvalue weighted by molar-refractivity contribution is 0.228. The minimum absolute atomic E-state index is 0.337. The Kier molecular flexibility index (Phi) is 5.26. The van der Waals surface area contributed by atoms with Gasteiger partial charge in [0.2, 0.25) is 0 Å². The van der Waals surface area contributed by atoms with Crippen molar-refractivity contribution < 1.29 is 0 Å². The van der Waals surface area contributed by atoms with Gasteiger partial charge in [-0.25, -0.2) is 0 Å². The van der Waals surface area contributed by atoms with E-state index >= 15 is 0 Å². The van der Waals surface area contributed by atoms with Crippen LogP contribution < -0.4 is 5.73 Å². The molecule has 1 heteroatoms. The third kappa shape index (κ3) is 3.63. The fraction of sp³-hybridized carbons (Fsp3) is 0.684. The maximum atomic E-state index is 6.57. The van der Waals surface area contributed by atoms with Gasteiger partial charge in [0.15, 0.2) is 0 Å². The van der Waals surface area contributed by atoms with Crippen molar-refractivity contribution in [2.45, 2.75) is 72.3 Å². The summed E-state index contributed by atoms with van der Waals surface area (Å²) in [5, 5.41) is 0. The van der Waals surface area contributed by atoms with Gasteiger partial charge in [-0.2, -0.15) is 0 Å². The predicted molar refractivity (Wildman–Crippen MR) is 88.1 cm³/mol. The molecule has 112 valence electrons. The second-order valence-electron chi connectivity index (χ2n) is 6.95. The predicted octanol–water partition coefficient (Wildman–Crippen LogP) is 4.70. The summed E-state index contributed by atoms with van der Waals surface area (Å²) in [6.07, 6.45) is 7.86. The van der Waals surface area contributed by atoms with Crippen molar-refractivity contribution in [3.63, 3.8) is 0 Å². The van der Waals surface area contributed by atoms with Crippen molar-refractivity contribution in [1.29, 1.82) is 0 Å². The molecule has 0 saturated heterocycles. The van der Waals surface area contributed by atoms with E-state index in [1.54, 1.807) is 0 Å². The van der Waals surface area contributed by atoms with Crippen LogP contribution in [0.4, 0.5) is 0 Å². The van der Waals surface area contributed by atoms with E-state index < -0.39 is 0 Å². The molecule has 0 radical (unpaired) electrons. The summed E-state index contributed by atoms with van der Waals surface area (Å²) >= 11 is 0. The van der Waals surface area contributed by atoms with E-state index in [1.807, 2.05) is 0 Å². The number of benzene rings is 1. The first-order valence-corrected chi connectivity index (χ1v) is 8.33. The van der Waals surface area contributed by atoms with E-state index in [0.717, 1.165) is 18.3 Å². The van der Waals surface area contributed by atoms with Crippen LogP contribution in [-0.4, -0.2) is 6.04 Å². The Bertz CT molecular complexity index is 426. The van der Waals surface area contributed by atoms with E-state index in [1.165, 1.54) is 54.4 Å². The van der Waals surface area contributed by atoms with Gasteiger partial charge in [-0.1, -0.05) is 43.9 Å². The summed E-state index contributed by atoms with van der Waals surface area (Å²) in [5.74, 6) is 1.65. The highest BCUT2D eigenvalue weighted by Gasteiger charge is 2.26. The van der Waals surface area contributed by atoms with Crippen molar-refractivity contribution in [1.82, 2.24) is 0 Å². The van der Waals surface area contributed by atoms with Crippen LogP contribution in [0.25, 0.3) is 0 Å². The lowest BCUT2D eigenvalue weighted by Gasteiger charge is -2.33. The Morgan fingerprint density at radius 1 is 1.15 bits per heavy atom. The zero-order chi connectivity index (χ0) is 14.7. The van der Waals surface area contributed by atoms with Crippen molar-refractivity contribution in [3.8, 4) is 0 Å². The van der Waals surface area contributed by atoms with Crippen LogP contribution in [0.1, 0.15) is 61.3 Å². The molecule has 1 fully saturated rings. The van der Waals surface area contributed by atoms with Gasteiger partial charge in [0, 0.05) is 6.04 Å². The van der Waals surface area contributed by atoms with Crippen LogP contribution in [0, 0.1) is 32.6 Å². The lowest BCUT2D eigenvalue weighted by Crippen LogP contribution is -2.36. The topological polar surface area (TPSA) is 26.0 Å². The second kappa shape index (κ2) is 6.76. The minimum Gasteiger partial charge on any atom is -0.327 e. The standard InChI is InChI=1S/C19H31N/c1-5-16-7-6-8-17(11-16)19(20)12-18-14(3)9-13(2)10-15(18)4/h9-10,16-17,19H,5-8,11-12,20H2,1-4H3. The lowest BCUT2D eigenvalue weighted by atomic mass is 9.75. The molecule has 0 heterocycles.